The van der Waals surface area contributed by atoms with Crippen LogP contribution in [0.15, 0.2) is 48.6 Å². The first-order chi connectivity index (χ1) is 12.4. The molecule has 2 aliphatic rings. The summed E-state index contributed by atoms with van der Waals surface area (Å²) in [4.78, 5) is 27.1. The second-order valence-electron chi connectivity index (χ2n) is 7.37. The molecule has 138 valence electrons. The van der Waals surface area contributed by atoms with Crippen LogP contribution in [0.1, 0.15) is 25.8 Å². The lowest BCUT2D eigenvalue weighted by atomic mass is 9.60. The molecule has 5 nitrogen and oxygen atoms in total. The average Bonchev–Trinajstić information content (AvgIpc) is 2.68. The Labute approximate surface area is 154 Å². The number of morpholine rings is 1. The summed E-state index contributed by atoms with van der Waals surface area (Å²) in [5, 5.41) is 9.84. The maximum absolute atomic E-state index is 13.4. The molecule has 0 bridgehead atoms. The van der Waals surface area contributed by atoms with Gasteiger partial charge in [-0.15, -0.1) is 0 Å². The molecule has 1 amide bonds. The summed E-state index contributed by atoms with van der Waals surface area (Å²) in [6.07, 6.45) is 6.05. The molecule has 1 aliphatic heterocycles. The Morgan fingerprint density at radius 3 is 2.35 bits per heavy atom. The van der Waals surface area contributed by atoms with Gasteiger partial charge in [0.2, 0.25) is 5.91 Å². The zero-order valence-corrected chi connectivity index (χ0v) is 15.3. The molecule has 1 atom stereocenters. The standard InChI is InChI=1S/C21H25NO4/c1-20(2,19(24)25)21(18(23)22-12-14-26-15-13-22)10-8-17(9-11-21)16-6-4-3-5-7-16/h3-10H,11-15H2,1-2H3,(H,24,25). The lowest BCUT2D eigenvalue weighted by Gasteiger charge is -2.45. The number of aliphatic carboxylic acids is 1. The molecule has 1 aliphatic carbocycles. The first-order valence-electron chi connectivity index (χ1n) is 8.94. The fourth-order valence-electron chi connectivity index (χ4n) is 3.61. The number of allylic oxidation sites excluding steroid dienone is 3. The molecule has 1 unspecified atom stereocenters. The van der Waals surface area contributed by atoms with Crippen LogP contribution in [0.3, 0.4) is 0 Å². The second-order valence-corrected chi connectivity index (χ2v) is 7.37. The summed E-state index contributed by atoms with van der Waals surface area (Å²) in [6, 6.07) is 9.90. The van der Waals surface area contributed by atoms with Crippen molar-refractivity contribution in [1.29, 1.82) is 0 Å². The van der Waals surface area contributed by atoms with E-state index < -0.39 is 16.8 Å². The number of ether oxygens (including phenoxy) is 1. The lowest BCUT2D eigenvalue weighted by molar-refractivity contribution is -0.164. The van der Waals surface area contributed by atoms with E-state index in [9.17, 15) is 14.7 Å². The van der Waals surface area contributed by atoms with E-state index in [1.54, 1.807) is 24.8 Å². The summed E-state index contributed by atoms with van der Waals surface area (Å²) < 4.78 is 5.34. The lowest BCUT2D eigenvalue weighted by Crippen LogP contribution is -2.56. The fraction of sp³-hybridized carbons (Fsp3) is 0.429. The Hall–Kier alpha value is -2.40. The number of hydrogen-bond donors (Lipinski definition) is 1. The minimum atomic E-state index is -1.22. The molecule has 1 heterocycles. The molecule has 1 aromatic carbocycles. The Bertz CT molecular complexity index is 745. The molecule has 1 fully saturated rings. The SMILES string of the molecule is CC(C)(C(=O)O)C1(C(=O)N2CCOCC2)C=CC(c2ccccc2)=CC1. The quantitative estimate of drug-likeness (QED) is 0.902. The van der Waals surface area contributed by atoms with E-state index >= 15 is 0 Å². The van der Waals surface area contributed by atoms with Gasteiger partial charge >= 0.3 is 5.97 Å². The minimum Gasteiger partial charge on any atom is -0.481 e. The molecule has 1 N–H and O–H groups in total. The molecule has 26 heavy (non-hydrogen) atoms. The number of nitrogens with zero attached hydrogens (tertiary/aromatic N) is 1. The highest BCUT2D eigenvalue weighted by molar-refractivity contribution is 5.94. The van der Waals surface area contributed by atoms with Crippen molar-refractivity contribution in [1.82, 2.24) is 4.90 Å². The van der Waals surface area contributed by atoms with Gasteiger partial charge in [0.15, 0.2) is 0 Å². The van der Waals surface area contributed by atoms with Crippen LogP contribution in [-0.4, -0.2) is 48.2 Å². The van der Waals surface area contributed by atoms with E-state index in [1.165, 1.54) is 0 Å². The predicted octanol–water partition coefficient (Wildman–Crippen LogP) is 2.99. The molecule has 0 spiro atoms. The Morgan fingerprint density at radius 1 is 1.15 bits per heavy atom. The van der Waals surface area contributed by atoms with E-state index in [2.05, 4.69) is 0 Å². The maximum atomic E-state index is 13.4. The van der Waals surface area contributed by atoms with E-state index in [1.807, 2.05) is 42.5 Å². The third-order valence-electron chi connectivity index (χ3n) is 5.63. The smallest absolute Gasteiger partial charge is 0.310 e. The van der Waals surface area contributed by atoms with Gasteiger partial charge in [-0.1, -0.05) is 48.6 Å². The Morgan fingerprint density at radius 2 is 1.81 bits per heavy atom. The van der Waals surface area contributed by atoms with Crippen LogP contribution < -0.4 is 0 Å². The first kappa shape index (κ1) is 18.4. The number of benzene rings is 1. The van der Waals surface area contributed by atoms with Crippen molar-refractivity contribution < 1.29 is 19.4 Å². The van der Waals surface area contributed by atoms with Gasteiger partial charge in [-0.3, -0.25) is 9.59 Å². The van der Waals surface area contributed by atoms with Gasteiger partial charge in [-0.05, 0) is 31.4 Å². The van der Waals surface area contributed by atoms with Crippen molar-refractivity contribution in [3.8, 4) is 0 Å². The van der Waals surface area contributed by atoms with Gasteiger partial charge in [0.25, 0.3) is 0 Å². The van der Waals surface area contributed by atoms with Crippen molar-refractivity contribution in [2.24, 2.45) is 10.8 Å². The summed E-state index contributed by atoms with van der Waals surface area (Å²) in [6.45, 7) is 5.26. The van der Waals surface area contributed by atoms with Crippen molar-refractivity contribution >= 4 is 17.4 Å². The third kappa shape index (κ3) is 3.07. The molecule has 1 aromatic rings. The topological polar surface area (TPSA) is 66.8 Å². The molecular weight excluding hydrogens is 330 g/mol. The second kappa shape index (κ2) is 7.08. The van der Waals surface area contributed by atoms with Crippen LogP contribution in [0.5, 0.6) is 0 Å². The Kier molecular flexibility index (Phi) is 5.01. The van der Waals surface area contributed by atoms with Crippen LogP contribution >= 0.6 is 0 Å². The van der Waals surface area contributed by atoms with E-state index in [4.69, 9.17) is 4.74 Å². The molecule has 0 aromatic heterocycles. The van der Waals surface area contributed by atoms with Crippen LogP contribution in [0.25, 0.3) is 5.57 Å². The van der Waals surface area contributed by atoms with Gasteiger partial charge in [0, 0.05) is 13.1 Å². The summed E-state index contributed by atoms with van der Waals surface area (Å²) in [5.41, 5.74) is -0.256. The average molecular weight is 355 g/mol. The van der Waals surface area contributed by atoms with Crippen molar-refractivity contribution in [3.63, 3.8) is 0 Å². The number of carbonyl (C=O) groups excluding carboxylic acids is 1. The Balaban J connectivity index is 1.96. The number of rotatable bonds is 4. The monoisotopic (exact) mass is 355 g/mol. The summed E-state index contributed by atoms with van der Waals surface area (Å²) in [7, 11) is 0. The van der Waals surface area contributed by atoms with Gasteiger partial charge in [0.05, 0.1) is 24.0 Å². The van der Waals surface area contributed by atoms with Crippen LogP contribution in [0.2, 0.25) is 0 Å². The van der Waals surface area contributed by atoms with Gasteiger partial charge in [-0.2, -0.15) is 0 Å². The van der Waals surface area contributed by atoms with E-state index in [0.29, 0.717) is 32.7 Å². The van der Waals surface area contributed by atoms with Crippen molar-refractivity contribution in [2.45, 2.75) is 20.3 Å². The van der Waals surface area contributed by atoms with Gasteiger partial charge in [-0.25, -0.2) is 0 Å². The number of carboxylic acid groups (broad SMARTS) is 1. The van der Waals surface area contributed by atoms with Crippen LogP contribution in [0.4, 0.5) is 0 Å². The molecule has 0 saturated carbocycles. The number of amides is 1. The number of carbonyl (C=O) groups is 2. The van der Waals surface area contributed by atoms with E-state index in [-0.39, 0.29) is 5.91 Å². The first-order valence-corrected chi connectivity index (χ1v) is 8.94. The van der Waals surface area contributed by atoms with Gasteiger partial charge in [0.1, 0.15) is 0 Å². The third-order valence-corrected chi connectivity index (χ3v) is 5.63. The zero-order valence-electron chi connectivity index (χ0n) is 15.3. The summed E-state index contributed by atoms with van der Waals surface area (Å²) >= 11 is 0. The fourth-order valence-corrected chi connectivity index (χ4v) is 3.61. The van der Waals surface area contributed by atoms with Gasteiger partial charge < -0.3 is 14.7 Å². The highest BCUT2D eigenvalue weighted by Crippen LogP contribution is 2.48. The molecular formula is C21H25NO4. The van der Waals surface area contributed by atoms with Crippen LogP contribution in [-0.2, 0) is 14.3 Å². The molecule has 0 radical (unpaired) electrons. The maximum Gasteiger partial charge on any atom is 0.310 e. The summed E-state index contributed by atoms with van der Waals surface area (Å²) in [5.74, 6) is -1.10. The van der Waals surface area contributed by atoms with Crippen LogP contribution in [0, 0.1) is 10.8 Å². The normalized spacial score (nSPS) is 23.5. The van der Waals surface area contributed by atoms with Crippen molar-refractivity contribution in [3.05, 3.63) is 54.1 Å². The van der Waals surface area contributed by atoms with E-state index in [0.717, 1.165) is 11.1 Å². The molecule has 1 saturated heterocycles. The number of hydrogen-bond acceptors (Lipinski definition) is 3. The molecule has 5 heteroatoms. The van der Waals surface area contributed by atoms with Crippen molar-refractivity contribution in [2.75, 3.05) is 26.3 Å². The predicted molar refractivity (Wildman–Crippen MR) is 99.4 cm³/mol. The highest BCUT2D eigenvalue weighted by atomic mass is 16.5. The highest BCUT2D eigenvalue weighted by Gasteiger charge is 2.55. The molecule has 3 rings (SSSR count). The zero-order chi connectivity index (χ0) is 18.8. The number of carboxylic acids is 1. The largest absolute Gasteiger partial charge is 0.481 e. The minimum absolute atomic E-state index is 0.132.